The highest BCUT2D eigenvalue weighted by Gasteiger charge is 2.29. The summed E-state index contributed by atoms with van der Waals surface area (Å²) in [5.74, 6) is 0.309. The molecule has 29 heavy (non-hydrogen) atoms. The van der Waals surface area contributed by atoms with E-state index in [4.69, 9.17) is 9.47 Å². The summed E-state index contributed by atoms with van der Waals surface area (Å²) in [4.78, 5) is 12.1. The van der Waals surface area contributed by atoms with Crippen LogP contribution in [0.2, 0.25) is 0 Å². The molecule has 1 aliphatic heterocycles. The van der Waals surface area contributed by atoms with Gasteiger partial charge in [-0.2, -0.15) is 0 Å². The van der Waals surface area contributed by atoms with Gasteiger partial charge in [-0.3, -0.25) is 0 Å². The second kappa shape index (κ2) is 11.4. The van der Waals surface area contributed by atoms with Crippen LogP contribution < -0.4 is 21.7 Å². The Labute approximate surface area is 185 Å². The average Bonchev–Trinajstić information content (AvgIpc) is 2.95. The predicted octanol–water partition coefficient (Wildman–Crippen LogP) is 1.76. The van der Waals surface area contributed by atoms with Crippen LogP contribution in [-0.4, -0.2) is 43.8 Å². The molecule has 0 radical (unpaired) electrons. The number of quaternary nitrogens is 1. The standard InChI is InChI=1S/C24H32NO3.BrH/c1-20-11-10-14-22(24(26)27-2)23(20)28-18-17-25(15-8-3-4-9-16-25)19-21-12-6-5-7-13-21;/h5-7,10-14H,3-4,8-9,15-19H2,1-2H3;1H/q+1;/p-1. The van der Waals surface area contributed by atoms with E-state index >= 15 is 0 Å². The number of hydrogen-bond acceptors (Lipinski definition) is 3. The lowest BCUT2D eigenvalue weighted by molar-refractivity contribution is -0.940. The number of nitrogens with zero attached hydrogens (tertiary/aromatic N) is 1. The fourth-order valence-electron chi connectivity index (χ4n) is 4.25. The highest BCUT2D eigenvalue weighted by atomic mass is 79.9. The van der Waals surface area contributed by atoms with Crippen molar-refractivity contribution in [3.05, 3.63) is 65.2 Å². The Balaban J connectivity index is 0.00000300. The van der Waals surface area contributed by atoms with E-state index in [1.165, 1.54) is 51.4 Å². The number of carbonyl (C=O) groups excluding carboxylic acids is 1. The molecule has 158 valence electrons. The second-order valence-corrected chi connectivity index (χ2v) is 7.86. The lowest BCUT2D eigenvalue weighted by Gasteiger charge is -2.38. The molecule has 0 saturated carbocycles. The Morgan fingerprint density at radius 2 is 1.66 bits per heavy atom. The van der Waals surface area contributed by atoms with E-state index in [0.717, 1.165) is 23.1 Å². The Morgan fingerprint density at radius 1 is 0.966 bits per heavy atom. The molecule has 0 aromatic heterocycles. The van der Waals surface area contributed by atoms with Crippen molar-refractivity contribution in [2.75, 3.05) is 33.4 Å². The van der Waals surface area contributed by atoms with Gasteiger partial charge in [-0.25, -0.2) is 4.79 Å². The van der Waals surface area contributed by atoms with Crippen molar-refractivity contribution in [1.29, 1.82) is 0 Å². The van der Waals surface area contributed by atoms with E-state index in [1.54, 1.807) is 6.07 Å². The van der Waals surface area contributed by atoms with Gasteiger partial charge < -0.3 is 30.9 Å². The molecule has 0 N–H and O–H groups in total. The molecule has 0 spiro atoms. The number of benzene rings is 2. The molecule has 1 fully saturated rings. The summed E-state index contributed by atoms with van der Waals surface area (Å²) < 4.78 is 12.2. The zero-order valence-electron chi connectivity index (χ0n) is 17.5. The summed E-state index contributed by atoms with van der Waals surface area (Å²) in [7, 11) is 1.41. The van der Waals surface area contributed by atoms with E-state index in [9.17, 15) is 4.79 Å². The van der Waals surface area contributed by atoms with Crippen molar-refractivity contribution in [2.24, 2.45) is 0 Å². The summed E-state index contributed by atoms with van der Waals surface area (Å²) >= 11 is 0. The van der Waals surface area contributed by atoms with Crippen molar-refractivity contribution >= 4 is 5.97 Å². The van der Waals surface area contributed by atoms with Gasteiger partial charge in [0.25, 0.3) is 0 Å². The number of carbonyl (C=O) groups is 1. The van der Waals surface area contributed by atoms with Crippen LogP contribution in [0.1, 0.15) is 47.2 Å². The summed E-state index contributed by atoms with van der Waals surface area (Å²) in [5.41, 5.74) is 2.86. The van der Waals surface area contributed by atoms with Crippen LogP contribution in [0.3, 0.4) is 0 Å². The van der Waals surface area contributed by atoms with Crippen LogP contribution in [0.4, 0.5) is 0 Å². The lowest BCUT2D eigenvalue weighted by atomic mass is 10.1. The smallest absolute Gasteiger partial charge is 0.341 e. The number of para-hydroxylation sites is 1. The van der Waals surface area contributed by atoms with Gasteiger partial charge in [0, 0.05) is 5.56 Å². The number of methoxy groups -OCH3 is 1. The molecule has 2 aromatic carbocycles. The summed E-state index contributed by atoms with van der Waals surface area (Å²) in [6, 6.07) is 16.4. The molecule has 0 bridgehead atoms. The van der Waals surface area contributed by atoms with Crippen LogP contribution in [0.15, 0.2) is 48.5 Å². The molecule has 1 saturated heterocycles. The molecule has 1 heterocycles. The van der Waals surface area contributed by atoms with Crippen LogP contribution in [0, 0.1) is 6.92 Å². The Hall–Kier alpha value is -1.85. The van der Waals surface area contributed by atoms with Gasteiger partial charge in [0.1, 0.15) is 31.0 Å². The average molecular weight is 462 g/mol. The topological polar surface area (TPSA) is 35.5 Å². The predicted molar refractivity (Wildman–Crippen MR) is 111 cm³/mol. The number of halogens is 1. The normalized spacial score (nSPS) is 15.7. The maximum atomic E-state index is 12.1. The highest BCUT2D eigenvalue weighted by Crippen LogP contribution is 2.26. The van der Waals surface area contributed by atoms with E-state index in [-0.39, 0.29) is 23.0 Å². The monoisotopic (exact) mass is 461 g/mol. The summed E-state index contributed by atoms with van der Waals surface area (Å²) in [6.07, 6.45) is 5.18. The minimum Gasteiger partial charge on any atom is -1.00 e. The van der Waals surface area contributed by atoms with Gasteiger partial charge in [-0.05, 0) is 44.2 Å². The van der Waals surface area contributed by atoms with Crippen LogP contribution in [0.25, 0.3) is 0 Å². The van der Waals surface area contributed by atoms with E-state index in [2.05, 4.69) is 30.3 Å². The third-order valence-corrected chi connectivity index (χ3v) is 5.80. The van der Waals surface area contributed by atoms with Crippen molar-refractivity contribution in [3.63, 3.8) is 0 Å². The molecule has 0 amide bonds. The molecule has 4 nitrogen and oxygen atoms in total. The van der Waals surface area contributed by atoms with Crippen molar-refractivity contribution in [1.82, 2.24) is 0 Å². The molecule has 2 aromatic rings. The van der Waals surface area contributed by atoms with E-state index in [1.807, 2.05) is 19.1 Å². The first-order chi connectivity index (χ1) is 13.6. The van der Waals surface area contributed by atoms with Gasteiger partial charge in [0.05, 0.1) is 20.2 Å². The molecule has 3 rings (SSSR count). The Bertz CT molecular complexity index is 771. The molecule has 0 atom stereocenters. The number of hydrogen-bond donors (Lipinski definition) is 0. The largest absolute Gasteiger partial charge is 1.00 e. The zero-order chi connectivity index (χ0) is 19.8. The minimum absolute atomic E-state index is 0. The van der Waals surface area contributed by atoms with Crippen molar-refractivity contribution < 1.29 is 35.7 Å². The van der Waals surface area contributed by atoms with Gasteiger partial charge >= 0.3 is 5.97 Å². The Kier molecular flexibility index (Phi) is 9.18. The number of esters is 1. The molecule has 5 heteroatoms. The van der Waals surface area contributed by atoms with E-state index < -0.39 is 0 Å². The molecular formula is C24H32BrNO3. The summed E-state index contributed by atoms with van der Waals surface area (Å²) in [6.45, 7) is 6.95. The first kappa shape index (κ1) is 23.4. The number of rotatable bonds is 7. The maximum absolute atomic E-state index is 12.1. The van der Waals surface area contributed by atoms with Gasteiger partial charge in [0.2, 0.25) is 0 Å². The van der Waals surface area contributed by atoms with Crippen LogP contribution in [-0.2, 0) is 11.3 Å². The molecule has 1 aliphatic rings. The second-order valence-electron chi connectivity index (χ2n) is 7.86. The van der Waals surface area contributed by atoms with Crippen molar-refractivity contribution in [2.45, 2.75) is 39.2 Å². The molecule has 0 aliphatic carbocycles. The third kappa shape index (κ3) is 6.31. The van der Waals surface area contributed by atoms with E-state index in [0.29, 0.717) is 17.9 Å². The fraction of sp³-hybridized carbons (Fsp3) is 0.458. The molecule has 0 unspecified atom stereocenters. The maximum Gasteiger partial charge on any atom is 0.341 e. The minimum atomic E-state index is -0.346. The van der Waals surface area contributed by atoms with Gasteiger partial charge in [0.15, 0.2) is 0 Å². The van der Waals surface area contributed by atoms with Gasteiger partial charge in [-0.1, -0.05) is 42.5 Å². The third-order valence-electron chi connectivity index (χ3n) is 5.80. The van der Waals surface area contributed by atoms with Crippen LogP contribution >= 0.6 is 0 Å². The quantitative estimate of drug-likeness (QED) is 0.465. The SMILES string of the molecule is COC(=O)c1cccc(C)c1OCC[N+]1(Cc2ccccc2)CCCCCC1.[Br-]. The van der Waals surface area contributed by atoms with Gasteiger partial charge in [-0.15, -0.1) is 0 Å². The molecular weight excluding hydrogens is 430 g/mol. The zero-order valence-corrected chi connectivity index (χ0v) is 19.1. The Morgan fingerprint density at radius 3 is 2.31 bits per heavy atom. The fourth-order valence-corrected chi connectivity index (χ4v) is 4.25. The summed E-state index contributed by atoms with van der Waals surface area (Å²) in [5, 5.41) is 0. The van der Waals surface area contributed by atoms with Crippen molar-refractivity contribution in [3.8, 4) is 5.75 Å². The number of aryl methyl sites for hydroxylation is 1. The first-order valence-electron chi connectivity index (χ1n) is 10.3. The first-order valence-corrected chi connectivity index (χ1v) is 10.3. The lowest BCUT2D eigenvalue weighted by Crippen LogP contribution is -3.00. The number of ether oxygens (including phenoxy) is 2. The number of likely N-dealkylation sites (tertiary alicyclic amines) is 1. The highest BCUT2D eigenvalue weighted by molar-refractivity contribution is 5.92. The van der Waals surface area contributed by atoms with Crippen LogP contribution in [0.5, 0.6) is 5.75 Å².